The summed E-state index contributed by atoms with van der Waals surface area (Å²) in [5.74, 6) is 1.09. The lowest BCUT2D eigenvalue weighted by molar-refractivity contribution is 0.301. The predicted octanol–water partition coefficient (Wildman–Crippen LogP) is 2.49. The molecule has 5 heteroatoms. The fourth-order valence-electron chi connectivity index (χ4n) is 3.20. The fourth-order valence-corrected chi connectivity index (χ4v) is 5.11. The molecule has 1 atom stereocenters. The molecule has 0 bridgehead atoms. The van der Waals surface area contributed by atoms with Gasteiger partial charge in [-0.25, -0.2) is 8.42 Å². The van der Waals surface area contributed by atoms with Crippen LogP contribution in [0.15, 0.2) is 36.7 Å². The van der Waals surface area contributed by atoms with Crippen molar-refractivity contribution in [3.63, 3.8) is 0 Å². The van der Waals surface area contributed by atoms with Crippen molar-refractivity contribution >= 4 is 20.6 Å². The molecule has 0 saturated carbocycles. The Hall–Kier alpha value is -1.46. The van der Waals surface area contributed by atoms with E-state index in [1.807, 2.05) is 12.4 Å². The summed E-state index contributed by atoms with van der Waals surface area (Å²) >= 11 is 0. The van der Waals surface area contributed by atoms with Gasteiger partial charge >= 0.3 is 0 Å². The monoisotopic (exact) mass is 318 g/mol. The number of sulfone groups is 1. The van der Waals surface area contributed by atoms with Crippen LogP contribution in [0.2, 0.25) is 0 Å². The molecule has 1 aliphatic rings. The first kappa shape index (κ1) is 15.4. The zero-order valence-electron chi connectivity index (χ0n) is 12.9. The second-order valence-electron chi connectivity index (χ2n) is 6.31. The summed E-state index contributed by atoms with van der Waals surface area (Å²) in [6.45, 7) is 1.81. The molecule has 1 fully saturated rings. The third-order valence-electron chi connectivity index (χ3n) is 4.46. The Morgan fingerprint density at radius 2 is 2.18 bits per heavy atom. The van der Waals surface area contributed by atoms with Crippen LogP contribution in [0.5, 0.6) is 0 Å². The number of aromatic nitrogens is 1. The van der Waals surface area contributed by atoms with Crippen LogP contribution in [-0.2, 0) is 16.4 Å². The maximum atomic E-state index is 11.5. The minimum Gasteiger partial charge on any atom is -0.302 e. The van der Waals surface area contributed by atoms with Gasteiger partial charge in [-0.3, -0.25) is 4.98 Å². The molecule has 1 aromatic carbocycles. The van der Waals surface area contributed by atoms with E-state index >= 15 is 0 Å². The molecule has 0 amide bonds. The van der Waals surface area contributed by atoms with Crippen molar-refractivity contribution in [3.05, 3.63) is 42.2 Å². The summed E-state index contributed by atoms with van der Waals surface area (Å²) in [6, 6.07) is 8.35. The summed E-state index contributed by atoms with van der Waals surface area (Å²) in [5, 5.41) is 2.41. The SMILES string of the molecule is CN(CCC1CCS(=O)(=O)C1)Cc1cccc2cnccc12. The highest BCUT2D eigenvalue weighted by Gasteiger charge is 2.27. The largest absolute Gasteiger partial charge is 0.302 e. The highest BCUT2D eigenvalue weighted by atomic mass is 32.2. The van der Waals surface area contributed by atoms with E-state index in [2.05, 4.69) is 41.2 Å². The highest BCUT2D eigenvalue weighted by molar-refractivity contribution is 7.91. The average Bonchev–Trinajstić information content (AvgIpc) is 2.85. The molecular weight excluding hydrogens is 296 g/mol. The summed E-state index contributed by atoms with van der Waals surface area (Å²) < 4.78 is 23.0. The Bertz CT molecular complexity index is 753. The number of rotatable bonds is 5. The molecule has 0 spiro atoms. The van der Waals surface area contributed by atoms with Gasteiger partial charge in [0.2, 0.25) is 0 Å². The summed E-state index contributed by atoms with van der Waals surface area (Å²) in [6.07, 6.45) is 5.51. The van der Waals surface area contributed by atoms with Crippen molar-refractivity contribution in [3.8, 4) is 0 Å². The number of fused-ring (bicyclic) bond motifs is 1. The molecule has 1 saturated heterocycles. The zero-order chi connectivity index (χ0) is 15.6. The van der Waals surface area contributed by atoms with E-state index in [1.54, 1.807) is 0 Å². The van der Waals surface area contributed by atoms with Crippen LogP contribution in [0.4, 0.5) is 0 Å². The van der Waals surface area contributed by atoms with Crippen LogP contribution >= 0.6 is 0 Å². The van der Waals surface area contributed by atoms with Gasteiger partial charge in [-0.05, 0) is 49.4 Å². The van der Waals surface area contributed by atoms with Gasteiger partial charge in [0.05, 0.1) is 11.5 Å². The van der Waals surface area contributed by atoms with Crippen molar-refractivity contribution in [2.45, 2.75) is 19.4 Å². The maximum Gasteiger partial charge on any atom is 0.150 e. The Morgan fingerprint density at radius 1 is 1.32 bits per heavy atom. The van der Waals surface area contributed by atoms with Crippen molar-refractivity contribution in [2.75, 3.05) is 25.1 Å². The first-order valence-corrected chi connectivity index (χ1v) is 9.56. The van der Waals surface area contributed by atoms with Gasteiger partial charge in [0, 0.05) is 24.3 Å². The minimum absolute atomic E-state index is 0.337. The first-order chi connectivity index (χ1) is 10.5. The Balaban J connectivity index is 1.60. The quantitative estimate of drug-likeness (QED) is 0.850. The van der Waals surface area contributed by atoms with Gasteiger partial charge in [0.15, 0.2) is 9.84 Å². The average molecular weight is 318 g/mol. The normalized spacial score (nSPS) is 20.7. The van der Waals surface area contributed by atoms with E-state index in [-0.39, 0.29) is 0 Å². The molecule has 22 heavy (non-hydrogen) atoms. The van der Waals surface area contributed by atoms with Gasteiger partial charge in [0.1, 0.15) is 0 Å². The Morgan fingerprint density at radius 3 is 2.95 bits per heavy atom. The smallest absolute Gasteiger partial charge is 0.150 e. The van der Waals surface area contributed by atoms with E-state index in [1.165, 1.54) is 10.9 Å². The number of benzene rings is 1. The second-order valence-corrected chi connectivity index (χ2v) is 8.54. The standard InChI is InChI=1S/C17H22N2O2S/c1-19(9-6-14-7-10-22(20,21)13-14)12-16-4-2-3-15-11-18-8-5-17(15)16/h2-5,8,11,14H,6-7,9-10,12-13H2,1H3. The number of nitrogens with zero attached hydrogens (tertiary/aromatic N) is 2. The van der Waals surface area contributed by atoms with E-state index in [4.69, 9.17) is 0 Å². The number of hydrogen-bond acceptors (Lipinski definition) is 4. The van der Waals surface area contributed by atoms with Crippen molar-refractivity contribution in [1.29, 1.82) is 0 Å². The van der Waals surface area contributed by atoms with Gasteiger partial charge in [-0.2, -0.15) is 0 Å². The number of hydrogen-bond donors (Lipinski definition) is 0. The maximum absolute atomic E-state index is 11.5. The molecule has 2 aromatic rings. The number of pyridine rings is 1. The minimum atomic E-state index is -2.76. The van der Waals surface area contributed by atoms with Crippen molar-refractivity contribution in [2.24, 2.45) is 5.92 Å². The lowest BCUT2D eigenvalue weighted by Crippen LogP contribution is -2.22. The molecule has 3 rings (SSSR count). The van der Waals surface area contributed by atoms with E-state index in [9.17, 15) is 8.42 Å². The summed E-state index contributed by atoms with van der Waals surface area (Å²) in [4.78, 5) is 6.44. The third kappa shape index (κ3) is 3.65. The van der Waals surface area contributed by atoms with Crippen LogP contribution in [0.1, 0.15) is 18.4 Å². The van der Waals surface area contributed by atoms with E-state index in [0.717, 1.165) is 31.3 Å². The van der Waals surface area contributed by atoms with Crippen LogP contribution in [0, 0.1) is 5.92 Å². The first-order valence-electron chi connectivity index (χ1n) is 7.74. The highest BCUT2D eigenvalue weighted by Crippen LogP contribution is 2.23. The van der Waals surface area contributed by atoms with Crippen LogP contribution in [0.3, 0.4) is 0 Å². The van der Waals surface area contributed by atoms with Crippen LogP contribution < -0.4 is 0 Å². The topological polar surface area (TPSA) is 50.3 Å². The summed E-state index contributed by atoms with van der Waals surface area (Å²) in [7, 11) is -0.656. The molecule has 0 aliphatic carbocycles. The molecule has 1 aromatic heterocycles. The predicted molar refractivity (Wildman–Crippen MR) is 89.5 cm³/mol. The molecule has 4 nitrogen and oxygen atoms in total. The summed E-state index contributed by atoms with van der Waals surface area (Å²) in [5.41, 5.74) is 1.29. The van der Waals surface area contributed by atoms with Crippen LogP contribution in [-0.4, -0.2) is 43.4 Å². The van der Waals surface area contributed by atoms with E-state index < -0.39 is 9.84 Å². The van der Waals surface area contributed by atoms with E-state index in [0.29, 0.717) is 17.4 Å². The van der Waals surface area contributed by atoms with Crippen molar-refractivity contribution < 1.29 is 8.42 Å². The molecule has 2 heterocycles. The fraction of sp³-hybridized carbons (Fsp3) is 0.471. The molecule has 1 unspecified atom stereocenters. The lowest BCUT2D eigenvalue weighted by atomic mass is 10.0. The van der Waals surface area contributed by atoms with Gasteiger partial charge in [-0.15, -0.1) is 0 Å². The molecule has 0 radical (unpaired) electrons. The molecule has 0 N–H and O–H groups in total. The van der Waals surface area contributed by atoms with Crippen molar-refractivity contribution in [1.82, 2.24) is 9.88 Å². The Labute approximate surface area is 132 Å². The van der Waals surface area contributed by atoms with Gasteiger partial charge in [-0.1, -0.05) is 18.2 Å². The third-order valence-corrected chi connectivity index (χ3v) is 6.29. The molecule has 118 valence electrons. The van der Waals surface area contributed by atoms with Crippen LogP contribution in [0.25, 0.3) is 10.8 Å². The van der Waals surface area contributed by atoms with Gasteiger partial charge < -0.3 is 4.90 Å². The second kappa shape index (κ2) is 6.34. The Kier molecular flexibility index (Phi) is 4.45. The molecule has 1 aliphatic heterocycles. The van der Waals surface area contributed by atoms with Gasteiger partial charge in [0.25, 0.3) is 0 Å². The lowest BCUT2D eigenvalue weighted by Gasteiger charge is -2.19. The molecular formula is C17H22N2O2S. The zero-order valence-corrected chi connectivity index (χ0v) is 13.7.